The average Bonchev–Trinajstić information content (AvgIpc) is 2.78. The molecule has 0 spiro atoms. The van der Waals surface area contributed by atoms with Gasteiger partial charge in [0.15, 0.2) is 0 Å². The fourth-order valence-electron chi connectivity index (χ4n) is 3.55. The third-order valence-electron chi connectivity index (χ3n) is 5.03. The molecule has 1 N–H and O–H groups in total. The Morgan fingerprint density at radius 3 is 2.00 bits per heavy atom. The van der Waals surface area contributed by atoms with Crippen LogP contribution in [0.5, 0.6) is 11.5 Å². The van der Waals surface area contributed by atoms with Crippen LogP contribution in [0.3, 0.4) is 0 Å². The fourth-order valence-corrected chi connectivity index (χ4v) is 3.55. The number of rotatable bonds is 8. The van der Waals surface area contributed by atoms with Crippen LogP contribution in [0.4, 0.5) is 5.69 Å². The van der Waals surface area contributed by atoms with Gasteiger partial charge in [-0.2, -0.15) is 0 Å². The van der Waals surface area contributed by atoms with Crippen LogP contribution in [-0.4, -0.2) is 20.1 Å². The number of carbonyl (C=O) groups excluding carboxylic acids is 1. The van der Waals surface area contributed by atoms with E-state index in [9.17, 15) is 4.79 Å². The molecule has 29 heavy (non-hydrogen) atoms. The van der Waals surface area contributed by atoms with E-state index in [0.717, 1.165) is 11.1 Å². The average molecular weight is 387 g/mol. The number of benzene rings is 3. The van der Waals surface area contributed by atoms with E-state index in [0.29, 0.717) is 23.6 Å². The van der Waals surface area contributed by atoms with Crippen LogP contribution in [-0.2, 0) is 10.2 Å². The Kier molecular flexibility index (Phi) is 6.35. The number of hydrogen-bond acceptors (Lipinski definition) is 3. The zero-order chi connectivity index (χ0) is 20.7. The Morgan fingerprint density at radius 2 is 1.52 bits per heavy atom. The van der Waals surface area contributed by atoms with Crippen molar-refractivity contribution in [1.29, 1.82) is 0 Å². The monoisotopic (exact) mass is 387 g/mol. The lowest BCUT2D eigenvalue weighted by Crippen LogP contribution is -2.41. The van der Waals surface area contributed by atoms with E-state index < -0.39 is 5.41 Å². The maximum Gasteiger partial charge on any atom is 0.239 e. The summed E-state index contributed by atoms with van der Waals surface area (Å²) in [4.78, 5) is 13.8. The first-order chi connectivity index (χ1) is 14.2. The Labute approximate surface area is 171 Å². The molecule has 148 valence electrons. The molecule has 0 radical (unpaired) electrons. The summed E-state index contributed by atoms with van der Waals surface area (Å²) < 4.78 is 10.7. The molecule has 0 fully saturated rings. The molecule has 0 atom stereocenters. The summed E-state index contributed by atoms with van der Waals surface area (Å²) >= 11 is 0. The first-order valence-corrected chi connectivity index (χ1v) is 9.41. The molecule has 0 heterocycles. The second-order valence-electron chi connectivity index (χ2n) is 6.65. The van der Waals surface area contributed by atoms with Gasteiger partial charge in [-0.1, -0.05) is 66.7 Å². The lowest BCUT2D eigenvalue weighted by atomic mass is 9.71. The Morgan fingerprint density at radius 1 is 0.931 bits per heavy atom. The van der Waals surface area contributed by atoms with Crippen LogP contribution < -0.4 is 14.8 Å². The molecule has 0 unspecified atom stereocenters. The van der Waals surface area contributed by atoms with E-state index in [-0.39, 0.29) is 5.91 Å². The molecule has 1 amide bonds. The van der Waals surface area contributed by atoms with Crippen molar-refractivity contribution in [3.8, 4) is 11.5 Å². The van der Waals surface area contributed by atoms with Gasteiger partial charge in [0.25, 0.3) is 0 Å². The van der Waals surface area contributed by atoms with Crippen molar-refractivity contribution >= 4 is 11.6 Å². The van der Waals surface area contributed by atoms with E-state index in [1.807, 2.05) is 60.7 Å². The highest BCUT2D eigenvalue weighted by atomic mass is 16.5. The predicted molar refractivity (Wildman–Crippen MR) is 117 cm³/mol. The van der Waals surface area contributed by atoms with Gasteiger partial charge in [-0.15, -0.1) is 6.58 Å². The van der Waals surface area contributed by atoms with Crippen molar-refractivity contribution in [3.05, 3.63) is 103 Å². The van der Waals surface area contributed by atoms with E-state index in [4.69, 9.17) is 9.47 Å². The van der Waals surface area contributed by atoms with E-state index in [2.05, 4.69) is 11.9 Å². The number of nitrogens with one attached hydrogen (secondary N) is 1. The Bertz CT molecular complexity index is 928. The summed E-state index contributed by atoms with van der Waals surface area (Å²) in [5.41, 5.74) is 1.46. The predicted octanol–water partition coefficient (Wildman–Crippen LogP) is 5.20. The number of amides is 1. The minimum atomic E-state index is -0.921. The summed E-state index contributed by atoms with van der Waals surface area (Å²) in [7, 11) is 3.16. The number of allylic oxidation sites excluding steroid dienone is 1. The molecule has 0 aliphatic carbocycles. The number of hydrogen-bond donors (Lipinski definition) is 1. The van der Waals surface area contributed by atoms with Gasteiger partial charge in [0.2, 0.25) is 5.91 Å². The van der Waals surface area contributed by atoms with Crippen LogP contribution in [0, 0.1) is 0 Å². The van der Waals surface area contributed by atoms with Crippen molar-refractivity contribution in [2.24, 2.45) is 0 Å². The second-order valence-corrected chi connectivity index (χ2v) is 6.65. The molecule has 3 aromatic rings. The highest BCUT2D eigenvalue weighted by Gasteiger charge is 2.41. The van der Waals surface area contributed by atoms with Gasteiger partial charge in [-0.3, -0.25) is 4.79 Å². The molecule has 4 nitrogen and oxygen atoms in total. The minimum absolute atomic E-state index is 0.154. The number of methoxy groups -OCH3 is 2. The third kappa shape index (κ3) is 4.02. The van der Waals surface area contributed by atoms with Crippen LogP contribution in [0.15, 0.2) is 91.5 Å². The second kappa shape index (κ2) is 9.11. The number of ether oxygens (including phenoxy) is 2. The summed E-state index contributed by atoms with van der Waals surface area (Å²) in [5, 5.41) is 3.07. The topological polar surface area (TPSA) is 47.6 Å². The Balaban J connectivity index is 2.12. The van der Waals surface area contributed by atoms with Crippen molar-refractivity contribution in [1.82, 2.24) is 0 Å². The highest BCUT2D eigenvalue weighted by molar-refractivity contribution is 6.03. The van der Waals surface area contributed by atoms with E-state index >= 15 is 0 Å². The van der Waals surface area contributed by atoms with Crippen LogP contribution in [0.1, 0.15) is 17.5 Å². The van der Waals surface area contributed by atoms with Crippen molar-refractivity contribution in [2.45, 2.75) is 11.8 Å². The van der Waals surface area contributed by atoms with Crippen LogP contribution >= 0.6 is 0 Å². The van der Waals surface area contributed by atoms with E-state index in [1.54, 1.807) is 38.5 Å². The number of anilines is 1. The molecule has 0 aromatic heterocycles. The first kappa shape index (κ1) is 20.2. The molecule has 0 aliphatic rings. The molecular weight excluding hydrogens is 362 g/mol. The number of carbonyl (C=O) groups is 1. The van der Waals surface area contributed by atoms with Gasteiger partial charge in [0.05, 0.1) is 19.9 Å². The minimum Gasteiger partial charge on any atom is -0.497 e. The summed E-state index contributed by atoms with van der Waals surface area (Å²) in [6, 6.07) is 24.9. The van der Waals surface area contributed by atoms with Gasteiger partial charge in [-0.25, -0.2) is 0 Å². The zero-order valence-electron chi connectivity index (χ0n) is 16.7. The molecule has 4 heteroatoms. The quantitative estimate of drug-likeness (QED) is 0.540. The maximum absolute atomic E-state index is 13.8. The zero-order valence-corrected chi connectivity index (χ0v) is 16.7. The normalized spacial score (nSPS) is 10.8. The lowest BCUT2D eigenvalue weighted by Gasteiger charge is -2.33. The molecule has 3 rings (SSSR count). The van der Waals surface area contributed by atoms with E-state index in [1.165, 1.54) is 0 Å². The molecule has 0 aliphatic heterocycles. The standard InChI is InChI=1S/C25H25NO3/c1-4-17-25(19-11-7-5-8-12-19,20-13-9-6-10-14-20)24(27)26-22-16-15-21(28-2)18-23(22)29-3/h4-16,18H,1,17H2,2-3H3,(H,26,27). The van der Waals surface area contributed by atoms with Gasteiger partial charge < -0.3 is 14.8 Å². The summed E-state index contributed by atoms with van der Waals surface area (Å²) in [6.07, 6.45) is 2.23. The van der Waals surface area contributed by atoms with Crippen molar-refractivity contribution in [2.75, 3.05) is 19.5 Å². The molecule has 3 aromatic carbocycles. The smallest absolute Gasteiger partial charge is 0.239 e. The van der Waals surface area contributed by atoms with Crippen molar-refractivity contribution < 1.29 is 14.3 Å². The molecule has 0 saturated carbocycles. The summed E-state index contributed by atoms with van der Waals surface area (Å²) in [6.45, 7) is 3.92. The van der Waals surface area contributed by atoms with Gasteiger partial charge in [0.1, 0.15) is 16.9 Å². The summed E-state index contributed by atoms with van der Waals surface area (Å²) in [5.74, 6) is 1.04. The highest BCUT2D eigenvalue weighted by Crippen LogP contribution is 2.39. The molecular formula is C25H25NO3. The van der Waals surface area contributed by atoms with Crippen molar-refractivity contribution in [3.63, 3.8) is 0 Å². The SMILES string of the molecule is C=CCC(C(=O)Nc1ccc(OC)cc1OC)(c1ccccc1)c1ccccc1. The van der Waals surface area contributed by atoms with Gasteiger partial charge in [-0.05, 0) is 29.7 Å². The molecule has 0 saturated heterocycles. The van der Waals surface area contributed by atoms with Crippen LogP contribution in [0.25, 0.3) is 0 Å². The maximum atomic E-state index is 13.8. The third-order valence-corrected chi connectivity index (χ3v) is 5.03. The molecule has 0 bridgehead atoms. The van der Waals surface area contributed by atoms with Crippen LogP contribution in [0.2, 0.25) is 0 Å². The van der Waals surface area contributed by atoms with Gasteiger partial charge in [0, 0.05) is 6.07 Å². The fraction of sp³-hybridized carbons (Fsp3) is 0.160. The lowest BCUT2D eigenvalue weighted by molar-refractivity contribution is -0.120. The largest absolute Gasteiger partial charge is 0.497 e. The van der Waals surface area contributed by atoms with Gasteiger partial charge >= 0.3 is 0 Å². The first-order valence-electron chi connectivity index (χ1n) is 9.41. The Hall–Kier alpha value is -3.53.